The Morgan fingerprint density at radius 3 is 2.94 bits per heavy atom. The van der Waals surface area contributed by atoms with Crippen LogP contribution in [0.3, 0.4) is 0 Å². The van der Waals surface area contributed by atoms with Gasteiger partial charge in [-0.2, -0.15) is 4.98 Å². The number of aromatic nitrogens is 5. The molecule has 0 unspecified atom stereocenters. The van der Waals surface area contributed by atoms with Gasteiger partial charge in [0, 0.05) is 37.2 Å². The highest BCUT2D eigenvalue weighted by Crippen LogP contribution is 2.36. The van der Waals surface area contributed by atoms with Crippen LogP contribution in [-0.2, 0) is 11.3 Å². The van der Waals surface area contributed by atoms with E-state index in [1.807, 2.05) is 23.1 Å². The minimum Gasteiger partial charge on any atom is -0.375 e. The van der Waals surface area contributed by atoms with Gasteiger partial charge in [-0.05, 0) is 31.0 Å². The van der Waals surface area contributed by atoms with E-state index >= 15 is 0 Å². The van der Waals surface area contributed by atoms with E-state index in [9.17, 15) is 4.39 Å². The van der Waals surface area contributed by atoms with Gasteiger partial charge in [-0.3, -0.25) is 4.85 Å². The summed E-state index contributed by atoms with van der Waals surface area (Å²) in [5, 5.41) is 8.83. The third-order valence-corrected chi connectivity index (χ3v) is 5.49. The monoisotopic (exact) mass is 441 g/mol. The SMILES string of the molecule is [C-]#[N+]C(C)(C)C#Cc1cccc2c1COCCN2c1nc2nnc(C)n2c2ncc(F)cc12. The van der Waals surface area contributed by atoms with E-state index in [2.05, 4.69) is 31.9 Å². The molecular weight excluding hydrogens is 421 g/mol. The molecule has 0 bridgehead atoms. The van der Waals surface area contributed by atoms with Crippen molar-refractivity contribution >= 4 is 28.3 Å². The molecule has 3 aromatic heterocycles. The lowest BCUT2D eigenvalue weighted by Crippen LogP contribution is -2.23. The fourth-order valence-electron chi connectivity index (χ4n) is 3.82. The smallest absolute Gasteiger partial charge is 0.286 e. The average Bonchev–Trinajstić information content (AvgIpc) is 3.04. The van der Waals surface area contributed by atoms with Crippen molar-refractivity contribution in [1.82, 2.24) is 24.6 Å². The molecule has 8 nitrogen and oxygen atoms in total. The molecule has 0 radical (unpaired) electrons. The minimum absolute atomic E-state index is 0.367. The lowest BCUT2D eigenvalue weighted by molar-refractivity contribution is 0.133. The standard InChI is InChI=1S/C24H20FN7O/c1-15-29-30-23-28-22(18-12-17(25)13-27-21(18)32(15)23)31-10-11-33-14-19-16(6-5-7-20(19)31)8-9-24(2,3)26-4/h5-7,12-13H,10-11,14H2,1-3H3. The molecule has 0 saturated heterocycles. The predicted octanol–water partition coefficient (Wildman–Crippen LogP) is 3.84. The number of halogens is 1. The molecule has 164 valence electrons. The second-order valence-electron chi connectivity index (χ2n) is 8.27. The molecule has 0 saturated carbocycles. The lowest BCUT2D eigenvalue weighted by Gasteiger charge is -2.25. The summed E-state index contributed by atoms with van der Waals surface area (Å²) in [6.45, 7) is 14.0. The number of benzene rings is 1. The van der Waals surface area contributed by atoms with Gasteiger partial charge in [0.05, 0.1) is 24.8 Å². The van der Waals surface area contributed by atoms with Crippen molar-refractivity contribution in [2.75, 3.05) is 18.1 Å². The second kappa shape index (κ2) is 7.80. The van der Waals surface area contributed by atoms with E-state index < -0.39 is 11.4 Å². The molecule has 5 rings (SSSR count). The number of hydrogen-bond donors (Lipinski definition) is 0. The normalized spacial score (nSPS) is 13.8. The first-order chi connectivity index (χ1) is 15.9. The predicted molar refractivity (Wildman–Crippen MR) is 121 cm³/mol. The number of aryl methyl sites for hydroxylation is 1. The number of anilines is 2. The summed E-state index contributed by atoms with van der Waals surface area (Å²) in [5.74, 6) is 7.26. The average molecular weight is 441 g/mol. The van der Waals surface area contributed by atoms with Crippen LogP contribution in [0.25, 0.3) is 21.7 Å². The summed E-state index contributed by atoms with van der Waals surface area (Å²) >= 11 is 0. The van der Waals surface area contributed by atoms with E-state index in [4.69, 9.17) is 16.3 Å². The minimum atomic E-state index is -0.786. The van der Waals surface area contributed by atoms with E-state index in [0.717, 1.165) is 16.8 Å². The highest BCUT2D eigenvalue weighted by Gasteiger charge is 2.25. The Morgan fingerprint density at radius 2 is 2.12 bits per heavy atom. The maximum absolute atomic E-state index is 14.3. The summed E-state index contributed by atoms with van der Waals surface area (Å²) in [5.41, 5.74) is 2.27. The Hall–Kier alpha value is -4.08. The molecule has 1 aliphatic heterocycles. The number of rotatable bonds is 1. The zero-order chi connectivity index (χ0) is 23.2. The van der Waals surface area contributed by atoms with Crippen LogP contribution >= 0.6 is 0 Å². The molecular formula is C24H20FN7O. The Bertz CT molecular complexity index is 1510. The van der Waals surface area contributed by atoms with Crippen LogP contribution in [0.15, 0.2) is 30.5 Å². The molecule has 4 heterocycles. The topological polar surface area (TPSA) is 72.8 Å². The van der Waals surface area contributed by atoms with Crippen molar-refractivity contribution in [3.8, 4) is 11.8 Å². The first kappa shape index (κ1) is 20.8. The Balaban J connectivity index is 1.75. The third kappa shape index (κ3) is 3.63. The summed E-state index contributed by atoms with van der Waals surface area (Å²) < 4.78 is 21.9. The number of fused-ring (bicyclic) bond motifs is 4. The Kier molecular flexibility index (Phi) is 4.92. The molecule has 0 atom stereocenters. The van der Waals surface area contributed by atoms with Gasteiger partial charge in [0.1, 0.15) is 17.5 Å². The van der Waals surface area contributed by atoms with Gasteiger partial charge in [-0.15, -0.1) is 10.2 Å². The van der Waals surface area contributed by atoms with Gasteiger partial charge in [0.2, 0.25) is 0 Å². The molecule has 9 heteroatoms. The van der Waals surface area contributed by atoms with Gasteiger partial charge in [0.25, 0.3) is 11.3 Å². The quantitative estimate of drug-likeness (QED) is 0.330. The van der Waals surface area contributed by atoms with Crippen LogP contribution in [-0.4, -0.2) is 43.3 Å². The molecule has 0 aliphatic carbocycles. The highest BCUT2D eigenvalue weighted by atomic mass is 19.1. The van der Waals surface area contributed by atoms with Crippen LogP contribution in [0.1, 0.15) is 30.8 Å². The molecule has 0 spiro atoms. The highest BCUT2D eigenvalue weighted by molar-refractivity contribution is 5.92. The molecule has 1 aliphatic rings. The summed E-state index contributed by atoms with van der Waals surface area (Å²) in [6.07, 6.45) is 1.18. The van der Waals surface area contributed by atoms with Gasteiger partial charge in [0.15, 0.2) is 5.65 Å². The van der Waals surface area contributed by atoms with Gasteiger partial charge in [-0.25, -0.2) is 20.3 Å². The van der Waals surface area contributed by atoms with Crippen molar-refractivity contribution in [1.29, 1.82) is 0 Å². The largest absolute Gasteiger partial charge is 0.375 e. The maximum Gasteiger partial charge on any atom is 0.286 e. The van der Waals surface area contributed by atoms with E-state index in [1.54, 1.807) is 25.2 Å². The zero-order valence-corrected chi connectivity index (χ0v) is 18.4. The van der Waals surface area contributed by atoms with E-state index in [0.29, 0.717) is 48.2 Å². The molecule has 4 aromatic rings. The number of nitrogens with zero attached hydrogens (tertiary/aromatic N) is 7. The molecule has 0 fully saturated rings. The van der Waals surface area contributed by atoms with Gasteiger partial charge in [-0.1, -0.05) is 12.0 Å². The van der Waals surface area contributed by atoms with E-state index in [-0.39, 0.29) is 0 Å². The van der Waals surface area contributed by atoms with Crippen molar-refractivity contribution in [2.45, 2.75) is 32.9 Å². The van der Waals surface area contributed by atoms with E-state index in [1.165, 1.54) is 12.3 Å². The first-order valence-corrected chi connectivity index (χ1v) is 10.4. The number of pyridine rings is 1. The first-order valence-electron chi connectivity index (χ1n) is 10.4. The molecule has 0 amide bonds. The number of hydrogen-bond acceptors (Lipinski definition) is 6. The molecule has 0 N–H and O–H groups in total. The van der Waals surface area contributed by atoms with Gasteiger partial charge < -0.3 is 9.64 Å². The fourth-order valence-corrected chi connectivity index (χ4v) is 3.82. The van der Waals surface area contributed by atoms with Crippen LogP contribution in [0.2, 0.25) is 0 Å². The summed E-state index contributed by atoms with van der Waals surface area (Å²) in [4.78, 5) is 14.6. The fraction of sp³-hybridized carbons (Fsp3) is 0.292. The summed E-state index contributed by atoms with van der Waals surface area (Å²) in [7, 11) is 0. The molecule has 1 aromatic carbocycles. The van der Waals surface area contributed by atoms with Crippen molar-refractivity contribution in [2.24, 2.45) is 0 Å². The molecule has 33 heavy (non-hydrogen) atoms. The van der Waals surface area contributed by atoms with Gasteiger partial charge >= 0.3 is 0 Å². The third-order valence-electron chi connectivity index (χ3n) is 5.49. The lowest BCUT2D eigenvalue weighted by atomic mass is 10.0. The maximum atomic E-state index is 14.3. The second-order valence-corrected chi connectivity index (χ2v) is 8.27. The Labute approximate surface area is 189 Å². The summed E-state index contributed by atoms with van der Waals surface area (Å²) in [6, 6.07) is 7.22. The Morgan fingerprint density at radius 1 is 1.27 bits per heavy atom. The van der Waals surface area contributed by atoms with Crippen LogP contribution in [0.4, 0.5) is 15.9 Å². The van der Waals surface area contributed by atoms with Crippen LogP contribution in [0.5, 0.6) is 0 Å². The van der Waals surface area contributed by atoms with Crippen molar-refractivity contribution in [3.05, 3.63) is 64.6 Å². The van der Waals surface area contributed by atoms with Crippen molar-refractivity contribution in [3.63, 3.8) is 0 Å². The van der Waals surface area contributed by atoms with Crippen molar-refractivity contribution < 1.29 is 9.13 Å². The van der Waals surface area contributed by atoms with Crippen LogP contribution < -0.4 is 4.90 Å². The number of ether oxygens (including phenoxy) is 1. The van der Waals surface area contributed by atoms with Crippen LogP contribution in [0, 0.1) is 31.2 Å². The zero-order valence-electron chi connectivity index (χ0n) is 18.4.